The molecular weight excluding hydrogens is 302 g/mol. The molecule has 2 heterocycles. The smallest absolute Gasteiger partial charge is 0.129 e. The summed E-state index contributed by atoms with van der Waals surface area (Å²) >= 11 is 5.91. The van der Waals surface area contributed by atoms with Gasteiger partial charge in [0.2, 0.25) is 0 Å². The van der Waals surface area contributed by atoms with Gasteiger partial charge in [-0.05, 0) is 30.3 Å². The molecule has 0 aliphatic carbocycles. The number of aliphatic hydroxyl groups is 1. The Hall–Kier alpha value is -2.37. The highest BCUT2D eigenvalue weighted by atomic mass is 35.5. The van der Waals surface area contributed by atoms with Crippen LogP contribution in [0, 0.1) is 0 Å². The third-order valence-electron chi connectivity index (χ3n) is 3.33. The Morgan fingerprint density at radius 2 is 1.95 bits per heavy atom. The second-order valence-electron chi connectivity index (χ2n) is 4.75. The van der Waals surface area contributed by atoms with E-state index in [-0.39, 0.29) is 12.4 Å². The van der Waals surface area contributed by atoms with Crippen molar-refractivity contribution in [1.82, 2.24) is 14.8 Å². The standard InChI is InChI=1S/C16H14ClN3O2/c17-16-5-4-12(14(19-16)6-9-21)13-3-2-11(10-15(13)22)20-8-1-7-18-20/h1-5,7-8,10,21-22H,6,9H2. The molecule has 0 atom stereocenters. The summed E-state index contributed by atoms with van der Waals surface area (Å²) in [4.78, 5) is 4.23. The number of pyridine rings is 1. The molecule has 0 amide bonds. The first kappa shape index (κ1) is 14.6. The summed E-state index contributed by atoms with van der Waals surface area (Å²) in [5.74, 6) is 0.122. The summed E-state index contributed by atoms with van der Waals surface area (Å²) in [5.41, 5.74) is 2.81. The van der Waals surface area contributed by atoms with Crippen LogP contribution in [0.25, 0.3) is 16.8 Å². The van der Waals surface area contributed by atoms with Crippen molar-refractivity contribution in [3.05, 3.63) is 59.6 Å². The van der Waals surface area contributed by atoms with E-state index in [9.17, 15) is 5.11 Å². The number of aromatic hydroxyl groups is 1. The van der Waals surface area contributed by atoms with Crippen LogP contribution in [0.4, 0.5) is 0 Å². The number of aromatic nitrogens is 3. The van der Waals surface area contributed by atoms with Crippen molar-refractivity contribution >= 4 is 11.6 Å². The van der Waals surface area contributed by atoms with Crippen LogP contribution in [0.5, 0.6) is 5.75 Å². The molecule has 0 fully saturated rings. The minimum atomic E-state index is -0.0352. The maximum Gasteiger partial charge on any atom is 0.129 e. The number of rotatable bonds is 4. The summed E-state index contributed by atoms with van der Waals surface area (Å²) in [7, 11) is 0. The zero-order valence-corrected chi connectivity index (χ0v) is 12.4. The Bertz CT molecular complexity index is 788. The van der Waals surface area contributed by atoms with Crippen LogP contribution in [-0.2, 0) is 6.42 Å². The quantitative estimate of drug-likeness (QED) is 0.726. The van der Waals surface area contributed by atoms with Gasteiger partial charge in [-0.2, -0.15) is 5.10 Å². The van der Waals surface area contributed by atoms with Crippen molar-refractivity contribution in [2.24, 2.45) is 0 Å². The second-order valence-corrected chi connectivity index (χ2v) is 5.14. The van der Waals surface area contributed by atoms with Crippen molar-refractivity contribution < 1.29 is 10.2 Å². The predicted octanol–water partition coefficient (Wildman–Crippen LogP) is 2.83. The lowest BCUT2D eigenvalue weighted by molar-refractivity contribution is 0.298. The van der Waals surface area contributed by atoms with Crippen molar-refractivity contribution in [2.45, 2.75) is 6.42 Å². The molecule has 2 N–H and O–H groups in total. The van der Waals surface area contributed by atoms with Crippen molar-refractivity contribution in [2.75, 3.05) is 6.61 Å². The normalized spacial score (nSPS) is 10.8. The van der Waals surface area contributed by atoms with Gasteiger partial charge in [0.05, 0.1) is 11.4 Å². The molecule has 0 saturated heterocycles. The zero-order valence-electron chi connectivity index (χ0n) is 11.6. The predicted molar refractivity (Wildman–Crippen MR) is 84.3 cm³/mol. The molecule has 3 aromatic rings. The minimum absolute atomic E-state index is 0.0352. The van der Waals surface area contributed by atoms with Crippen LogP contribution in [-0.4, -0.2) is 31.6 Å². The topological polar surface area (TPSA) is 71.2 Å². The summed E-state index contributed by atoms with van der Waals surface area (Å²) in [6.45, 7) is -0.0352. The molecule has 0 unspecified atom stereocenters. The Morgan fingerprint density at radius 1 is 1.14 bits per heavy atom. The molecule has 5 nitrogen and oxygen atoms in total. The molecule has 1 aromatic carbocycles. The molecule has 0 aliphatic heterocycles. The van der Waals surface area contributed by atoms with Crippen LogP contribution >= 0.6 is 11.6 Å². The molecule has 0 radical (unpaired) electrons. The fourth-order valence-corrected chi connectivity index (χ4v) is 2.49. The fraction of sp³-hybridized carbons (Fsp3) is 0.125. The summed E-state index contributed by atoms with van der Waals surface area (Å²) < 4.78 is 1.66. The molecule has 22 heavy (non-hydrogen) atoms. The Kier molecular flexibility index (Phi) is 4.09. The molecule has 3 rings (SSSR count). The van der Waals surface area contributed by atoms with Crippen LogP contribution in [0.1, 0.15) is 5.69 Å². The van der Waals surface area contributed by atoms with E-state index in [0.717, 1.165) is 11.3 Å². The van der Waals surface area contributed by atoms with Crippen LogP contribution in [0.15, 0.2) is 48.8 Å². The second kappa shape index (κ2) is 6.17. The number of nitrogens with zero attached hydrogens (tertiary/aromatic N) is 3. The van der Waals surface area contributed by atoms with Gasteiger partial charge in [0, 0.05) is 42.6 Å². The van der Waals surface area contributed by atoms with Gasteiger partial charge in [0.1, 0.15) is 10.9 Å². The Labute approximate surface area is 132 Å². The van der Waals surface area contributed by atoms with Crippen LogP contribution < -0.4 is 0 Å². The fourth-order valence-electron chi connectivity index (χ4n) is 2.33. The number of hydrogen-bond donors (Lipinski definition) is 2. The van der Waals surface area contributed by atoms with Crippen LogP contribution in [0.3, 0.4) is 0 Å². The molecule has 2 aromatic heterocycles. The van der Waals surface area contributed by atoms with Gasteiger partial charge in [-0.15, -0.1) is 0 Å². The Morgan fingerprint density at radius 3 is 2.64 bits per heavy atom. The highest BCUT2D eigenvalue weighted by molar-refractivity contribution is 6.29. The van der Waals surface area contributed by atoms with Crippen molar-refractivity contribution in [1.29, 1.82) is 0 Å². The number of phenols is 1. The van der Waals surface area contributed by atoms with E-state index >= 15 is 0 Å². The van der Waals surface area contributed by atoms with E-state index in [0.29, 0.717) is 22.8 Å². The van der Waals surface area contributed by atoms with Crippen molar-refractivity contribution in [3.63, 3.8) is 0 Å². The zero-order chi connectivity index (χ0) is 15.5. The average Bonchev–Trinajstić information content (AvgIpc) is 3.03. The number of benzene rings is 1. The largest absolute Gasteiger partial charge is 0.507 e. The molecule has 0 saturated carbocycles. The summed E-state index contributed by atoms with van der Waals surface area (Å²) in [6, 6.07) is 10.6. The molecular formula is C16H14ClN3O2. The third kappa shape index (κ3) is 2.81. The Balaban J connectivity index is 2.06. The van der Waals surface area contributed by atoms with E-state index in [1.54, 1.807) is 41.3 Å². The van der Waals surface area contributed by atoms with E-state index in [1.165, 1.54) is 0 Å². The molecule has 112 valence electrons. The maximum atomic E-state index is 10.3. The number of hydrogen-bond acceptors (Lipinski definition) is 4. The highest BCUT2D eigenvalue weighted by Gasteiger charge is 2.12. The van der Waals surface area contributed by atoms with Gasteiger partial charge < -0.3 is 10.2 Å². The van der Waals surface area contributed by atoms with E-state index in [4.69, 9.17) is 16.7 Å². The summed E-state index contributed by atoms with van der Waals surface area (Å²) in [6.07, 6.45) is 3.85. The molecule has 6 heteroatoms. The first-order chi connectivity index (χ1) is 10.7. The first-order valence-corrected chi connectivity index (χ1v) is 7.16. The number of halogens is 1. The van der Waals surface area contributed by atoms with E-state index in [2.05, 4.69) is 10.1 Å². The van der Waals surface area contributed by atoms with Gasteiger partial charge in [-0.1, -0.05) is 11.6 Å². The molecule has 0 spiro atoms. The first-order valence-electron chi connectivity index (χ1n) is 6.78. The third-order valence-corrected chi connectivity index (χ3v) is 3.54. The maximum absolute atomic E-state index is 10.3. The monoisotopic (exact) mass is 315 g/mol. The van der Waals surface area contributed by atoms with E-state index in [1.807, 2.05) is 12.1 Å². The molecule has 0 aliphatic rings. The molecule has 0 bridgehead atoms. The van der Waals surface area contributed by atoms with Gasteiger partial charge >= 0.3 is 0 Å². The van der Waals surface area contributed by atoms with E-state index < -0.39 is 0 Å². The van der Waals surface area contributed by atoms with Gasteiger partial charge in [0.15, 0.2) is 0 Å². The van der Waals surface area contributed by atoms with Crippen LogP contribution in [0.2, 0.25) is 5.15 Å². The highest BCUT2D eigenvalue weighted by Crippen LogP contribution is 2.33. The lowest BCUT2D eigenvalue weighted by Crippen LogP contribution is -1.99. The lowest BCUT2D eigenvalue weighted by Gasteiger charge is -2.11. The SMILES string of the molecule is OCCc1nc(Cl)ccc1-c1ccc(-n2cccn2)cc1O. The van der Waals surface area contributed by atoms with Crippen molar-refractivity contribution in [3.8, 4) is 22.6 Å². The number of aliphatic hydroxyl groups excluding tert-OH is 1. The number of phenolic OH excluding ortho intramolecular Hbond substituents is 1. The average molecular weight is 316 g/mol. The lowest BCUT2D eigenvalue weighted by atomic mass is 10.0. The van der Waals surface area contributed by atoms with Gasteiger partial charge in [-0.25, -0.2) is 9.67 Å². The van der Waals surface area contributed by atoms with Gasteiger partial charge in [0.25, 0.3) is 0 Å². The minimum Gasteiger partial charge on any atom is -0.507 e. The summed E-state index contributed by atoms with van der Waals surface area (Å²) in [5, 5.41) is 24.0. The van der Waals surface area contributed by atoms with Gasteiger partial charge in [-0.3, -0.25) is 0 Å².